The van der Waals surface area contributed by atoms with Crippen molar-refractivity contribution in [2.24, 2.45) is 5.84 Å². The molecule has 0 bridgehead atoms. The van der Waals surface area contributed by atoms with Crippen molar-refractivity contribution in [2.45, 2.75) is 6.61 Å². The number of methoxy groups -OCH3 is 1. The fourth-order valence-corrected chi connectivity index (χ4v) is 2.16. The first-order chi connectivity index (χ1) is 10.1. The van der Waals surface area contributed by atoms with E-state index in [2.05, 4.69) is 31.7 Å². The molecule has 21 heavy (non-hydrogen) atoms. The van der Waals surface area contributed by atoms with Gasteiger partial charge in [0.1, 0.15) is 0 Å². The van der Waals surface area contributed by atoms with Crippen molar-refractivity contribution in [3.8, 4) is 0 Å². The van der Waals surface area contributed by atoms with Gasteiger partial charge in [-0.3, -0.25) is 4.79 Å². The van der Waals surface area contributed by atoms with E-state index in [0.29, 0.717) is 28.1 Å². The van der Waals surface area contributed by atoms with Crippen LogP contribution in [-0.2, 0) is 11.3 Å². The number of halogens is 1. The summed E-state index contributed by atoms with van der Waals surface area (Å²) in [6.07, 6.45) is 1.56. The van der Waals surface area contributed by atoms with Crippen LogP contribution in [0.25, 0.3) is 0 Å². The van der Waals surface area contributed by atoms with Crippen LogP contribution >= 0.6 is 15.9 Å². The van der Waals surface area contributed by atoms with Gasteiger partial charge in [0, 0.05) is 23.5 Å². The molecule has 0 aliphatic carbocycles. The molecular weight excluding hydrogens is 336 g/mol. The van der Waals surface area contributed by atoms with Gasteiger partial charge in [0.2, 0.25) is 0 Å². The second kappa shape index (κ2) is 7.16. The van der Waals surface area contributed by atoms with E-state index in [-0.39, 0.29) is 5.91 Å². The minimum absolute atomic E-state index is 0.300. The molecule has 0 unspecified atom stereocenters. The fourth-order valence-electron chi connectivity index (χ4n) is 1.83. The monoisotopic (exact) mass is 350 g/mol. The molecule has 1 aromatic heterocycles. The molecule has 110 valence electrons. The van der Waals surface area contributed by atoms with Crippen molar-refractivity contribution in [3.63, 3.8) is 0 Å². The van der Waals surface area contributed by atoms with Crippen molar-refractivity contribution < 1.29 is 9.53 Å². The molecule has 1 aromatic carbocycles. The Morgan fingerprint density at radius 2 is 2.24 bits per heavy atom. The number of hydrogen-bond acceptors (Lipinski definition) is 5. The van der Waals surface area contributed by atoms with Crippen molar-refractivity contribution in [1.29, 1.82) is 0 Å². The van der Waals surface area contributed by atoms with Gasteiger partial charge in [-0.05, 0) is 39.7 Å². The molecule has 1 heterocycles. The minimum atomic E-state index is -0.300. The van der Waals surface area contributed by atoms with Crippen LogP contribution in [-0.4, -0.2) is 18.0 Å². The molecule has 0 aliphatic heterocycles. The maximum absolute atomic E-state index is 12.3. The average molecular weight is 351 g/mol. The molecule has 4 N–H and O–H groups in total. The lowest BCUT2D eigenvalue weighted by Crippen LogP contribution is -2.18. The Morgan fingerprint density at radius 3 is 2.95 bits per heavy atom. The van der Waals surface area contributed by atoms with Gasteiger partial charge in [0.15, 0.2) is 5.82 Å². The number of nitrogens with zero attached hydrogens (tertiary/aromatic N) is 1. The largest absolute Gasteiger partial charge is 0.380 e. The Labute approximate surface area is 130 Å². The second-order valence-electron chi connectivity index (χ2n) is 4.28. The first kappa shape index (κ1) is 15.4. The summed E-state index contributed by atoms with van der Waals surface area (Å²) in [6.45, 7) is 0.484. The number of benzene rings is 1. The third-order valence-electron chi connectivity index (χ3n) is 2.73. The Bertz CT molecular complexity index is 649. The van der Waals surface area contributed by atoms with E-state index in [9.17, 15) is 4.79 Å². The predicted octanol–water partition coefficient (Wildman–Crippen LogP) is 2.53. The number of carbonyl (C=O) groups is 1. The number of carbonyl (C=O) groups excluding carboxylic acids is 1. The molecule has 0 fully saturated rings. The Balaban J connectivity index is 2.21. The van der Waals surface area contributed by atoms with E-state index < -0.39 is 0 Å². The lowest BCUT2D eigenvalue weighted by molar-refractivity contribution is 0.102. The van der Waals surface area contributed by atoms with Crippen molar-refractivity contribution >= 4 is 33.3 Å². The summed E-state index contributed by atoms with van der Waals surface area (Å²) in [7, 11) is 1.62. The van der Waals surface area contributed by atoms with Crippen LogP contribution in [0.4, 0.5) is 11.5 Å². The molecule has 0 aliphatic rings. The summed E-state index contributed by atoms with van der Waals surface area (Å²) in [5.74, 6) is 5.38. The summed E-state index contributed by atoms with van der Waals surface area (Å²) in [6, 6.07) is 9.08. The summed E-state index contributed by atoms with van der Waals surface area (Å²) in [5, 5.41) is 2.81. The number of anilines is 2. The van der Waals surface area contributed by atoms with Crippen LogP contribution in [0.5, 0.6) is 0 Å². The number of nitrogen functional groups attached to an aromatic ring is 1. The number of nitrogens with two attached hydrogens (primary N) is 1. The molecule has 0 saturated carbocycles. The van der Waals surface area contributed by atoms with Gasteiger partial charge in [-0.25, -0.2) is 10.8 Å². The number of aromatic nitrogens is 1. The SMILES string of the molecule is COCc1cccc(NC(=O)c2cc(Br)cnc2NN)c1. The minimum Gasteiger partial charge on any atom is -0.380 e. The first-order valence-electron chi connectivity index (χ1n) is 6.15. The number of hydrogen-bond donors (Lipinski definition) is 3. The second-order valence-corrected chi connectivity index (χ2v) is 5.20. The lowest BCUT2D eigenvalue weighted by atomic mass is 10.2. The third-order valence-corrected chi connectivity index (χ3v) is 3.17. The normalized spacial score (nSPS) is 10.2. The number of pyridine rings is 1. The summed E-state index contributed by atoms with van der Waals surface area (Å²) in [4.78, 5) is 16.4. The van der Waals surface area contributed by atoms with Gasteiger partial charge in [-0.15, -0.1) is 0 Å². The molecule has 2 aromatic rings. The van der Waals surface area contributed by atoms with Crippen LogP contribution in [0.3, 0.4) is 0 Å². The van der Waals surface area contributed by atoms with E-state index >= 15 is 0 Å². The highest BCUT2D eigenvalue weighted by Gasteiger charge is 2.13. The molecular formula is C14H15BrN4O2. The van der Waals surface area contributed by atoms with Crippen molar-refractivity contribution in [3.05, 3.63) is 52.1 Å². The summed E-state index contributed by atoms with van der Waals surface area (Å²) in [5.41, 5.74) is 4.41. The highest BCUT2D eigenvalue weighted by Crippen LogP contribution is 2.19. The number of nitrogens with one attached hydrogen (secondary N) is 2. The zero-order valence-electron chi connectivity index (χ0n) is 11.4. The summed E-state index contributed by atoms with van der Waals surface area (Å²) < 4.78 is 5.76. The van der Waals surface area contributed by atoms with E-state index in [1.54, 1.807) is 25.4 Å². The Kier molecular flexibility index (Phi) is 5.26. The molecule has 6 nitrogen and oxygen atoms in total. The molecule has 0 spiro atoms. The maximum Gasteiger partial charge on any atom is 0.259 e. The van der Waals surface area contributed by atoms with Crippen molar-refractivity contribution in [2.75, 3.05) is 17.9 Å². The fraction of sp³-hybridized carbons (Fsp3) is 0.143. The third kappa shape index (κ3) is 4.01. The molecule has 1 amide bonds. The highest BCUT2D eigenvalue weighted by atomic mass is 79.9. The topological polar surface area (TPSA) is 89.3 Å². The number of ether oxygens (including phenoxy) is 1. The smallest absolute Gasteiger partial charge is 0.259 e. The first-order valence-corrected chi connectivity index (χ1v) is 6.94. The number of rotatable bonds is 5. The maximum atomic E-state index is 12.3. The number of amides is 1. The van der Waals surface area contributed by atoms with Gasteiger partial charge in [-0.2, -0.15) is 0 Å². The Hall–Kier alpha value is -1.96. The molecule has 0 atom stereocenters. The van der Waals surface area contributed by atoms with Crippen LogP contribution in [0.15, 0.2) is 41.0 Å². The zero-order chi connectivity index (χ0) is 15.2. The van der Waals surface area contributed by atoms with E-state index in [1.165, 1.54) is 0 Å². The standard InChI is InChI=1S/C14H15BrN4O2/c1-21-8-9-3-2-4-11(5-9)18-14(20)12-6-10(15)7-17-13(12)19-16/h2-7H,8,16H2,1H3,(H,17,19)(H,18,20). The summed E-state index contributed by atoms with van der Waals surface area (Å²) >= 11 is 3.28. The van der Waals surface area contributed by atoms with E-state index in [0.717, 1.165) is 5.56 Å². The van der Waals surface area contributed by atoms with Crippen LogP contribution in [0.2, 0.25) is 0 Å². The quantitative estimate of drug-likeness (QED) is 0.569. The predicted molar refractivity (Wildman–Crippen MR) is 84.9 cm³/mol. The van der Waals surface area contributed by atoms with Crippen LogP contribution < -0.4 is 16.6 Å². The molecule has 0 radical (unpaired) electrons. The average Bonchev–Trinajstić information content (AvgIpc) is 2.48. The highest BCUT2D eigenvalue weighted by molar-refractivity contribution is 9.10. The van der Waals surface area contributed by atoms with E-state index in [1.807, 2.05) is 18.2 Å². The van der Waals surface area contributed by atoms with Gasteiger partial charge in [-0.1, -0.05) is 12.1 Å². The van der Waals surface area contributed by atoms with Gasteiger partial charge in [0.25, 0.3) is 5.91 Å². The molecule has 0 saturated heterocycles. The number of hydrazine groups is 1. The zero-order valence-corrected chi connectivity index (χ0v) is 13.0. The van der Waals surface area contributed by atoms with Gasteiger partial charge >= 0.3 is 0 Å². The molecule has 7 heteroatoms. The van der Waals surface area contributed by atoms with Crippen molar-refractivity contribution in [1.82, 2.24) is 4.98 Å². The van der Waals surface area contributed by atoms with E-state index in [4.69, 9.17) is 10.6 Å². The van der Waals surface area contributed by atoms with Crippen LogP contribution in [0, 0.1) is 0 Å². The van der Waals surface area contributed by atoms with Gasteiger partial charge < -0.3 is 15.5 Å². The Morgan fingerprint density at radius 1 is 1.43 bits per heavy atom. The molecule has 2 rings (SSSR count). The van der Waals surface area contributed by atoms with Crippen LogP contribution in [0.1, 0.15) is 15.9 Å². The lowest BCUT2D eigenvalue weighted by Gasteiger charge is -2.10. The van der Waals surface area contributed by atoms with Gasteiger partial charge in [0.05, 0.1) is 12.2 Å².